The van der Waals surface area contributed by atoms with Crippen LogP contribution in [0.5, 0.6) is 17.2 Å². The zero-order valence-electron chi connectivity index (χ0n) is 17.8. The van der Waals surface area contributed by atoms with E-state index in [2.05, 4.69) is 11.4 Å². The fraction of sp³-hybridized carbons (Fsp3) is 0.320. The minimum Gasteiger partial charge on any atom is -0.491 e. The van der Waals surface area contributed by atoms with Crippen LogP contribution in [0.1, 0.15) is 0 Å². The molecule has 1 amide bonds. The van der Waals surface area contributed by atoms with Gasteiger partial charge >= 0.3 is 0 Å². The number of hydrogen-bond donors (Lipinski definition) is 2. The van der Waals surface area contributed by atoms with Crippen molar-refractivity contribution in [2.75, 3.05) is 46.0 Å². The summed E-state index contributed by atoms with van der Waals surface area (Å²) in [6, 6.07) is 18.1. The number of ether oxygens (including phenoxy) is 3. The Morgan fingerprint density at radius 1 is 1.06 bits per heavy atom. The van der Waals surface area contributed by atoms with Crippen LogP contribution in [0.4, 0.5) is 0 Å². The molecule has 2 N–H and O–H groups in total. The molecule has 1 saturated heterocycles. The van der Waals surface area contributed by atoms with Gasteiger partial charge in [-0.15, -0.1) is 0 Å². The van der Waals surface area contributed by atoms with Crippen molar-refractivity contribution in [3.05, 3.63) is 54.6 Å². The van der Waals surface area contributed by atoms with E-state index in [-0.39, 0.29) is 12.5 Å². The minimum atomic E-state index is -0.690. The van der Waals surface area contributed by atoms with Crippen LogP contribution in [-0.4, -0.2) is 68.0 Å². The lowest BCUT2D eigenvalue weighted by Crippen LogP contribution is -2.50. The van der Waals surface area contributed by atoms with Crippen molar-refractivity contribution in [2.24, 2.45) is 0 Å². The lowest BCUT2D eigenvalue weighted by Gasteiger charge is -2.28. The first-order chi connectivity index (χ1) is 15.7. The Morgan fingerprint density at radius 2 is 1.91 bits per heavy atom. The fourth-order valence-electron chi connectivity index (χ4n) is 4.21. The summed E-state index contributed by atoms with van der Waals surface area (Å²) in [5.41, 5.74) is 2.04. The molecule has 0 saturated carbocycles. The largest absolute Gasteiger partial charge is 0.491 e. The van der Waals surface area contributed by atoms with Crippen LogP contribution in [0.15, 0.2) is 54.6 Å². The molecule has 2 heterocycles. The third-order valence-electron chi connectivity index (χ3n) is 5.72. The van der Waals surface area contributed by atoms with Crippen molar-refractivity contribution in [3.8, 4) is 28.4 Å². The number of amides is 1. The van der Waals surface area contributed by atoms with Crippen molar-refractivity contribution in [1.29, 1.82) is 0 Å². The molecule has 2 aliphatic heterocycles. The van der Waals surface area contributed by atoms with E-state index < -0.39 is 6.10 Å². The molecule has 1 unspecified atom stereocenters. The van der Waals surface area contributed by atoms with E-state index in [0.717, 1.165) is 39.9 Å². The molecular weight excluding hydrogens is 408 g/mol. The van der Waals surface area contributed by atoms with Crippen molar-refractivity contribution in [1.82, 2.24) is 10.2 Å². The van der Waals surface area contributed by atoms with Gasteiger partial charge in [0.05, 0.1) is 6.54 Å². The number of fused-ring (bicyclic) bond motifs is 2. The molecular formula is C25H26N2O5. The molecule has 3 aromatic rings. The third-order valence-corrected chi connectivity index (χ3v) is 5.72. The van der Waals surface area contributed by atoms with Crippen molar-refractivity contribution in [3.63, 3.8) is 0 Å². The summed E-state index contributed by atoms with van der Waals surface area (Å²) in [6.07, 6.45) is -0.690. The number of β-amino-alcohol motifs (C(OH)–C–C–N with tert-alkyl or cyclic N) is 1. The van der Waals surface area contributed by atoms with Crippen molar-refractivity contribution in [2.45, 2.75) is 6.10 Å². The van der Waals surface area contributed by atoms with Crippen LogP contribution in [0.2, 0.25) is 0 Å². The molecule has 7 heteroatoms. The second kappa shape index (κ2) is 9.06. The Hall–Kier alpha value is -3.29. The molecule has 3 aromatic carbocycles. The zero-order valence-corrected chi connectivity index (χ0v) is 17.8. The monoisotopic (exact) mass is 434 g/mol. The molecule has 5 rings (SSSR count). The van der Waals surface area contributed by atoms with Crippen LogP contribution in [0, 0.1) is 0 Å². The first-order valence-corrected chi connectivity index (χ1v) is 10.9. The van der Waals surface area contributed by atoms with E-state index in [9.17, 15) is 9.90 Å². The second-order valence-electron chi connectivity index (χ2n) is 8.10. The number of rotatable bonds is 6. The van der Waals surface area contributed by atoms with Crippen LogP contribution >= 0.6 is 0 Å². The lowest BCUT2D eigenvalue weighted by atomic mass is 9.97. The summed E-state index contributed by atoms with van der Waals surface area (Å²) < 4.78 is 17.4. The average molecular weight is 434 g/mol. The van der Waals surface area contributed by atoms with Gasteiger partial charge in [0.15, 0.2) is 11.5 Å². The molecule has 1 atom stereocenters. The minimum absolute atomic E-state index is 0.0111. The van der Waals surface area contributed by atoms with Gasteiger partial charge in [0.1, 0.15) is 31.7 Å². The highest BCUT2D eigenvalue weighted by atomic mass is 16.6. The summed E-state index contributed by atoms with van der Waals surface area (Å²) in [5, 5.41) is 15.4. The van der Waals surface area contributed by atoms with E-state index in [1.54, 1.807) is 0 Å². The normalized spacial score (nSPS) is 17.1. The molecule has 2 aliphatic rings. The van der Waals surface area contributed by atoms with Gasteiger partial charge in [0.2, 0.25) is 5.91 Å². The van der Waals surface area contributed by atoms with Gasteiger partial charge in [-0.2, -0.15) is 0 Å². The number of nitrogens with zero attached hydrogens (tertiary/aromatic N) is 1. The molecule has 7 nitrogen and oxygen atoms in total. The van der Waals surface area contributed by atoms with E-state index in [0.29, 0.717) is 38.6 Å². The molecule has 0 spiro atoms. The quantitative estimate of drug-likeness (QED) is 0.621. The number of aliphatic hydroxyl groups is 1. The van der Waals surface area contributed by atoms with Gasteiger partial charge in [-0.25, -0.2) is 0 Å². The molecule has 32 heavy (non-hydrogen) atoms. The van der Waals surface area contributed by atoms with Gasteiger partial charge in [-0.05, 0) is 46.2 Å². The van der Waals surface area contributed by atoms with Gasteiger partial charge in [-0.3, -0.25) is 9.69 Å². The lowest BCUT2D eigenvalue weighted by molar-refractivity contribution is -0.124. The highest BCUT2D eigenvalue weighted by molar-refractivity contribution is 5.98. The summed E-state index contributed by atoms with van der Waals surface area (Å²) >= 11 is 0. The van der Waals surface area contributed by atoms with Crippen LogP contribution in [0.25, 0.3) is 21.9 Å². The molecule has 0 radical (unpaired) electrons. The molecule has 0 bridgehead atoms. The van der Waals surface area contributed by atoms with Crippen LogP contribution < -0.4 is 19.5 Å². The SMILES string of the molecule is O=C1CN(CC(O)COc2cc(-c3ccc4c(c3)OCCO4)c3ccccc3c2)CCN1. The maximum Gasteiger partial charge on any atom is 0.234 e. The number of nitrogens with one attached hydrogen (secondary N) is 1. The number of piperazine rings is 1. The Balaban J connectivity index is 1.37. The topological polar surface area (TPSA) is 80.3 Å². The standard InChI is InChI=1S/C25H26N2O5/c28-19(14-27-8-7-26-25(29)15-27)16-32-20-11-17-3-1-2-4-21(17)22(13-20)18-5-6-23-24(12-18)31-10-9-30-23/h1-6,11-13,19,28H,7-10,14-16H2,(H,26,29). The van der Waals surface area contributed by atoms with Crippen LogP contribution in [-0.2, 0) is 4.79 Å². The van der Waals surface area contributed by atoms with Crippen LogP contribution in [0.3, 0.4) is 0 Å². The maximum absolute atomic E-state index is 11.5. The second-order valence-corrected chi connectivity index (χ2v) is 8.10. The van der Waals surface area contributed by atoms with Gasteiger partial charge in [-0.1, -0.05) is 30.3 Å². The first kappa shape index (κ1) is 20.6. The smallest absolute Gasteiger partial charge is 0.234 e. The fourth-order valence-corrected chi connectivity index (χ4v) is 4.21. The average Bonchev–Trinajstić information content (AvgIpc) is 2.82. The number of benzene rings is 3. The highest BCUT2D eigenvalue weighted by Crippen LogP contribution is 2.38. The Kier molecular flexibility index (Phi) is 5.83. The number of aliphatic hydroxyl groups excluding tert-OH is 1. The van der Waals surface area contributed by atoms with E-state index >= 15 is 0 Å². The Bertz CT molecular complexity index is 1130. The molecule has 166 valence electrons. The van der Waals surface area contributed by atoms with E-state index in [1.165, 1.54) is 0 Å². The van der Waals surface area contributed by atoms with Crippen molar-refractivity contribution < 1.29 is 24.1 Å². The molecule has 0 aliphatic carbocycles. The molecule has 0 aromatic heterocycles. The van der Waals surface area contributed by atoms with Gasteiger partial charge in [0, 0.05) is 19.6 Å². The number of hydrogen-bond acceptors (Lipinski definition) is 6. The van der Waals surface area contributed by atoms with Gasteiger partial charge in [0.25, 0.3) is 0 Å². The predicted molar refractivity (Wildman–Crippen MR) is 121 cm³/mol. The predicted octanol–water partition coefficient (Wildman–Crippen LogP) is 2.45. The summed E-state index contributed by atoms with van der Waals surface area (Å²) in [5.74, 6) is 2.17. The zero-order chi connectivity index (χ0) is 21.9. The van der Waals surface area contributed by atoms with Crippen molar-refractivity contribution >= 4 is 16.7 Å². The summed E-state index contributed by atoms with van der Waals surface area (Å²) in [4.78, 5) is 13.5. The van der Waals surface area contributed by atoms with Gasteiger partial charge < -0.3 is 24.6 Å². The maximum atomic E-state index is 11.5. The molecule has 1 fully saturated rings. The number of carbonyl (C=O) groups excluding carboxylic acids is 1. The number of carbonyl (C=O) groups is 1. The third kappa shape index (κ3) is 4.49. The summed E-state index contributed by atoms with van der Waals surface area (Å²) in [7, 11) is 0. The Morgan fingerprint density at radius 3 is 2.78 bits per heavy atom. The van der Waals surface area contributed by atoms with E-state index in [1.807, 2.05) is 53.4 Å². The Labute approximate surface area is 186 Å². The highest BCUT2D eigenvalue weighted by Gasteiger charge is 2.20. The summed E-state index contributed by atoms with van der Waals surface area (Å²) in [6.45, 7) is 3.29. The first-order valence-electron chi connectivity index (χ1n) is 10.9. The van der Waals surface area contributed by atoms with E-state index in [4.69, 9.17) is 14.2 Å².